The third kappa shape index (κ3) is 7.48. The number of nitrogens with two attached hydrogens (primary N) is 2. The van der Waals surface area contributed by atoms with Crippen molar-refractivity contribution in [1.82, 2.24) is 15.3 Å². The topological polar surface area (TPSA) is 142 Å². The number of carbonyl (C=O) groups is 2. The minimum atomic E-state index is -0.269. The summed E-state index contributed by atoms with van der Waals surface area (Å²) in [5.74, 6) is 1.02. The number of aromatic nitrogens is 2. The third-order valence-corrected chi connectivity index (χ3v) is 10.8. The van der Waals surface area contributed by atoms with E-state index in [9.17, 15) is 9.59 Å². The van der Waals surface area contributed by atoms with Crippen LogP contribution in [0.25, 0.3) is 0 Å². The molecule has 2 amide bonds. The molecular weight excluding hydrogens is 608 g/mol. The first kappa shape index (κ1) is 31.4. The molecule has 0 spiro atoms. The fourth-order valence-electron chi connectivity index (χ4n) is 6.29. The van der Waals surface area contributed by atoms with E-state index in [0.717, 1.165) is 86.1 Å². The predicted octanol–water partition coefficient (Wildman–Crippen LogP) is 5.03. The van der Waals surface area contributed by atoms with Crippen LogP contribution in [0.3, 0.4) is 0 Å². The highest BCUT2D eigenvalue weighted by atomic mass is 35.5. The molecule has 45 heavy (non-hydrogen) atoms. The van der Waals surface area contributed by atoms with E-state index in [2.05, 4.69) is 49.5 Å². The standard InChI is InChI=1S/C33H41ClN8O2S/c1-33(36)12-16-42(17-13-33)27-20-38-32(30(35)39-27)45-26-7-3-6-25(29(26)34)37-19-21-10-14-41(15-11-21)23-5-2-4-22(18-23)24-8-9-28(43)40-31(24)44/h2-7,18,20-21,24,37H,8-17,19,36H2,1H3,(H2,35,39)(H,40,43,44). The number of nitrogens with zero attached hydrogens (tertiary/aromatic N) is 4. The molecule has 6 rings (SSSR count). The number of amides is 2. The number of nitrogens with one attached hydrogen (secondary N) is 2. The minimum absolute atomic E-state index is 0.133. The average Bonchev–Trinajstić information content (AvgIpc) is 3.03. The second-order valence-electron chi connectivity index (χ2n) is 12.7. The second-order valence-corrected chi connectivity index (χ2v) is 14.1. The number of anilines is 4. The zero-order valence-electron chi connectivity index (χ0n) is 25.6. The molecule has 0 bridgehead atoms. The van der Waals surface area contributed by atoms with Gasteiger partial charge in [-0.25, -0.2) is 9.97 Å². The van der Waals surface area contributed by atoms with Crippen molar-refractivity contribution in [3.63, 3.8) is 0 Å². The monoisotopic (exact) mass is 648 g/mol. The van der Waals surface area contributed by atoms with E-state index in [-0.39, 0.29) is 23.3 Å². The van der Waals surface area contributed by atoms with Crippen LogP contribution >= 0.6 is 23.4 Å². The first-order chi connectivity index (χ1) is 21.6. The smallest absolute Gasteiger partial charge is 0.234 e. The Balaban J connectivity index is 1.02. The van der Waals surface area contributed by atoms with E-state index in [1.54, 1.807) is 6.20 Å². The van der Waals surface area contributed by atoms with Crippen molar-refractivity contribution in [2.45, 2.75) is 66.8 Å². The molecule has 3 fully saturated rings. The van der Waals surface area contributed by atoms with E-state index in [0.29, 0.717) is 34.6 Å². The molecule has 4 heterocycles. The summed E-state index contributed by atoms with van der Waals surface area (Å²) in [5, 5.41) is 7.33. The van der Waals surface area contributed by atoms with Gasteiger partial charge in [-0.15, -0.1) is 0 Å². The summed E-state index contributed by atoms with van der Waals surface area (Å²) in [4.78, 5) is 38.7. The molecule has 3 aliphatic heterocycles. The van der Waals surface area contributed by atoms with Crippen molar-refractivity contribution in [3.05, 3.63) is 59.2 Å². The second kappa shape index (κ2) is 13.4. The predicted molar refractivity (Wildman–Crippen MR) is 181 cm³/mol. The van der Waals surface area contributed by atoms with Gasteiger partial charge >= 0.3 is 0 Å². The fraction of sp³-hybridized carbons (Fsp3) is 0.455. The molecule has 3 aromatic rings. The lowest BCUT2D eigenvalue weighted by atomic mass is 9.90. The quantitative estimate of drug-likeness (QED) is 0.246. The van der Waals surface area contributed by atoms with Crippen LogP contribution in [0.2, 0.25) is 5.02 Å². The van der Waals surface area contributed by atoms with Crippen LogP contribution in [-0.4, -0.2) is 60.0 Å². The van der Waals surface area contributed by atoms with Gasteiger partial charge in [-0.3, -0.25) is 14.9 Å². The molecule has 2 aromatic carbocycles. The van der Waals surface area contributed by atoms with Crippen LogP contribution in [0.15, 0.2) is 58.6 Å². The van der Waals surface area contributed by atoms with Crippen LogP contribution in [0.1, 0.15) is 56.9 Å². The van der Waals surface area contributed by atoms with E-state index in [1.807, 2.05) is 30.3 Å². The zero-order valence-corrected chi connectivity index (χ0v) is 27.2. The molecular formula is C33H41ClN8O2S. The molecule has 1 unspecified atom stereocenters. The van der Waals surface area contributed by atoms with Crippen molar-refractivity contribution in [3.8, 4) is 0 Å². The van der Waals surface area contributed by atoms with Gasteiger partial charge < -0.3 is 26.6 Å². The van der Waals surface area contributed by atoms with Gasteiger partial charge in [0.25, 0.3) is 0 Å². The molecule has 3 aliphatic rings. The largest absolute Gasteiger partial charge is 0.384 e. The van der Waals surface area contributed by atoms with Gasteiger partial charge in [0.05, 0.1) is 22.8 Å². The lowest BCUT2D eigenvalue weighted by Gasteiger charge is -2.37. The molecule has 10 nitrogen and oxygen atoms in total. The number of nitrogen functional groups attached to an aromatic ring is 1. The van der Waals surface area contributed by atoms with E-state index in [1.165, 1.54) is 11.8 Å². The highest BCUT2D eigenvalue weighted by molar-refractivity contribution is 7.99. The van der Waals surface area contributed by atoms with Crippen molar-refractivity contribution < 1.29 is 9.59 Å². The lowest BCUT2D eigenvalue weighted by molar-refractivity contribution is -0.134. The number of carbonyl (C=O) groups excluding carboxylic acids is 2. The van der Waals surface area contributed by atoms with Crippen LogP contribution < -0.4 is 31.9 Å². The van der Waals surface area contributed by atoms with E-state index >= 15 is 0 Å². The number of hydrogen-bond acceptors (Lipinski definition) is 10. The van der Waals surface area contributed by atoms with Gasteiger partial charge in [-0.2, -0.15) is 0 Å². The Labute approximate surface area is 273 Å². The Morgan fingerprint density at radius 1 is 1.07 bits per heavy atom. The van der Waals surface area contributed by atoms with Crippen molar-refractivity contribution in [2.24, 2.45) is 11.7 Å². The highest BCUT2D eigenvalue weighted by Crippen LogP contribution is 2.39. The Bertz CT molecular complexity index is 1550. The number of benzene rings is 2. The summed E-state index contributed by atoms with van der Waals surface area (Å²) in [5.41, 5.74) is 15.5. The number of halogens is 1. The average molecular weight is 649 g/mol. The molecule has 12 heteroatoms. The fourth-order valence-corrected chi connectivity index (χ4v) is 7.41. The van der Waals surface area contributed by atoms with E-state index in [4.69, 9.17) is 23.1 Å². The maximum Gasteiger partial charge on any atom is 0.234 e. The Hall–Kier alpha value is -3.54. The van der Waals surface area contributed by atoms with Crippen LogP contribution in [0.5, 0.6) is 0 Å². The van der Waals surface area contributed by atoms with Gasteiger partial charge in [-0.05, 0) is 74.8 Å². The van der Waals surface area contributed by atoms with Gasteiger partial charge in [0, 0.05) is 55.3 Å². The van der Waals surface area contributed by atoms with Crippen molar-refractivity contribution in [1.29, 1.82) is 0 Å². The molecule has 1 atom stereocenters. The van der Waals surface area contributed by atoms with E-state index < -0.39 is 0 Å². The van der Waals surface area contributed by atoms with Gasteiger partial charge in [0.1, 0.15) is 10.8 Å². The number of rotatable bonds is 8. The summed E-state index contributed by atoms with van der Waals surface area (Å²) < 4.78 is 0. The van der Waals surface area contributed by atoms with Gasteiger partial charge in [0.15, 0.2) is 5.82 Å². The number of imide groups is 1. The summed E-state index contributed by atoms with van der Waals surface area (Å²) in [6.07, 6.45) is 6.62. The molecule has 0 saturated carbocycles. The molecule has 3 saturated heterocycles. The Morgan fingerprint density at radius 3 is 2.56 bits per heavy atom. The van der Waals surface area contributed by atoms with Crippen LogP contribution in [0, 0.1) is 5.92 Å². The van der Waals surface area contributed by atoms with Gasteiger partial charge in [0.2, 0.25) is 11.8 Å². The van der Waals surface area contributed by atoms with Crippen molar-refractivity contribution in [2.75, 3.05) is 53.6 Å². The highest BCUT2D eigenvalue weighted by Gasteiger charge is 2.29. The normalized spacial score (nSPS) is 20.6. The third-order valence-electron chi connectivity index (χ3n) is 9.22. The zero-order chi connectivity index (χ0) is 31.6. The van der Waals surface area contributed by atoms with Gasteiger partial charge in [-0.1, -0.05) is 41.6 Å². The molecule has 0 radical (unpaired) electrons. The van der Waals surface area contributed by atoms with Crippen molar-refractivity contribution >= 4 is 58.2 Å². The lowest BCUT2D eigenvalue weighted by Crippen LogP contribution is -2.48. The Morgan fingerprint density at radius 2 is 1.82 bits per heavy atom. The molecule has 238 valence electrons. The summed E-state index contributed by atoms with van der Waals surface area (Å²) in [6, 6.07) is 14.2. The summed E-state index contributed by atoms with van der Waals surface area (Å²) in [6.45, 7) is 6.46. The Kier molecular flexibility index (Phi) is 9.39. The number of hydrogen-bond donors (Lipinski definition) is 4. The molecule has 1 aromatic heterocycles. The first-order valence-electron chi connectivity index (χ1n) is 15.7. The maximum absolute atomic E-state index is 12.4. The maximum atomic E-state index is 12.4. The van der Waals surface area contributed by atoms with Crippen LogP contribution in [-0.2, 0) is 9.59 Å². The van der Waals surface area contributed by atoms with Crippen LogP contribution in [0.4, 0.5) is 23.0 Å². The number of piperidine rings is 3. The molecule has 6 N–H and O–H groups in total. The summed E-state index contributed by atoms with van der Waals surface area (Å²) >= 11 is 8.28. The summed E-state index contributed by atoms with van der Waals surface area (Å²) in [7, 11) is 0. The first-order valence-corrected chi connectivity index (χ1v) is 16.9. The minimum Gasteiger partial charge on any atom is -0.384 e. The molecule has 0 aliphatic carbocycles. The SMILES string of the molecule is CC1(N)CCN(c2cnc(Sc3cccc(NCC4CCN(c5cccc(C6CCC(=O)NC6=O)c5)CC4)c3Cl)c(N)n2)CC1.